The second-order valence-electron chi connectivity index (χ2n) is 7.48. The molecule has 0 radical (unpaired) electrons. The maximum Gasteiger partial charge on any atom is 0.224 e. The van der Waals surface area contributed by atoms with Crippen molar-refractivity contribution in [2.45, 2.75) is 76.9 Å². The molecule has 0 aliphatic heterocycles. The summed E-state index contributed by atoms with van der Waals surface area (Å²) >= 11 is 0. The van der Waals surface area contributed by atoms with Crippen molar-refractivity contribution in [1.29, 1.82) is 0 Å². The quantitative estimate of drug-likeness (QED) is 0.786. The summed E-state index contributed by atoms with van der Waals surface area (Å²) in [6.07, 6.45) is 8.34. The lowest BCUT2D eigenvalue weighted by molar-refractivity contribution is -0.132. The number of carbonyl (C=O) groups excluding carboxylic acids is 2. The van der Waals surface area contributed by atoms with Gasteiger partial charge in [-0.05, 0) is 32.6 Å². The van der Waals surface area contributed by atoms with Crippen molar-refractivity contribution >= 4 is 11.8 Å². The summed E-state index contributed by atoms with van der Waals surface area (Å²) in [5, 5.41) is 13.0. The molecule has 2 saturated carbocycles. The first-order valence-electron chi connectivity index (χ1n) is 9.19. The second kappa shape index (κ2) is 8.67. The SMILES string of the molecule is CC(CC(=O)N(C)CC1CCCCC1O)NC(=O)C1CCCC1. The molecule has 2 fully saturated rings. The fourth-order valence-electron chi connectivity index (χ4n) is 3.87. The molecule has 3 unspecified atom stereocenters. The molecule has 2 amide bonds. The third-order valence-electron chi connectivity index (χ3n) is 5.40. The fourth-order valence-corrected chi connectivity index (χ4v) is 3.87. The largest absolute Gasteiger partial charge is 0.393 e. The van der Waals surface area contributed by atoms with Crippen molar-refractivity contribution in [3.63, 3.8) is 0 Å². The molecule has 0 bridgehead atoms. The van der Waals surface area contributed by atoms with E-state index in [2.05, 4.69) is 5.32 Å². The van der Waals surface area contributed by atoms with E-state index in [9.17, 15) is 14.7 Å². The molecule has 0 aromatic carbocycles. The Morgan fingerprint density at radius 1 is 1.13 bits per heavy atom. The summed E-state index contributed by atoms with van der Waals surface area (Å²) in [5.74, 6) is 0.485. The standard InChI is InChI=1S/C18H32N2O3/c1-13(19-18(23)14-7-3-4-8-14)11-17(22)20(2)12-15-9-5-6-10-16(15)21/h13-16,21H,3-12H2,1-2H3,(H,19,23). The normalized spacial score (nSPS) is 26.7. The molecule has 23 heavy (non-hydrogen) atoms. The van der Waals surface area contributed by atoms with Crippen LogP contribution in [0.5, 0.6) is 0 Å². The Kier molecular flexibility index (Phi) is 6.88. The van der Waals surface area contributed by atoms with Crippen LogP contribution in [0.2, 0.25) is 0 Å². The van der Waals surface area contributed by atoms with Crippen LogP contribution in [0.3, 0.4) is 0 Å². The van der Waals surface area contributed by atoms with E-state index in [1.807, 2.05) is 6.92 Å². The predicted molar refractivity (Wildman–Crippen MR) is 89.8 cm³/mol. The molecular formula is C18H32N2O3. The predicted octanol–water partition coefficient (Wildman–Crippen LogP) is 2.08. The first-order chi connectivity index (χ1) is 11.0. The molecule has 0 spiro atoms. The lowest BCUT2D eigenvalue weighted by atomic mass is 9.86. The number of nitrogens with one attached hydrogen (secondary N) is 1. The van der Waals surface area contributed by atoms with E-state index in [-0.39, 0.29) is 35.8 Å². The maximum atomic E-state index is 12.3. The van der Waals surface area contributed by atoms with E-state index in [1.165, 1.54) is 0 Å². The first-order valence-corrected chi connectivity index (χ1v) is 9.19. The van der Waals surface area contributed by atoms with Crippen molar-refractivity contribution in [1.82, 2.24) is 10.2 Å². The lowest BCUT2D eigenvalue weighted by Gasteiger charge is -2.31. The number of carbonyl (C=O) groups is 2. The van der Waals surface area contributed by atoms with Crippen LogP contribution in [-0.4, -0.2) is 47.6 Å². The van der Waals surface area contributed by atoms with Crippen LogP contribution in [0.25, 0.3) is 0 Å². The molecule has 2 N–H and O–H groups in total. The Labute approximate surface area is 139 Å². The van der Waals surface area contributed by atoms with Gasteiger partial charge in [0, 0.05) is 37.9 Å². The molecule has 2 rings (SSSR count). The second-order valence-corrected chi connectivity index (χ2v) is 7.48. The summed E-state index contributed by atoms with van der Waals surface area (Å²) in [6, 6.07) is -0.130. The topological polar surface area (TPSA) is 69.6 Å². The van der Waals surface area contributed by atoms with Gasteiger partial charge in [0.2, 0.25) is 11.8 Å². The van der Waals surface area contributed by atoms with E-state index in [1.54, 1.807) is 11.9 Å². The van der Waals surface area contributed by atoms with Gasteiger partial charge in [-0.2, -0.15) is 0 Å². The van der Waals surface area contributed by atoms with Crippen LogP contribution in [-0.2, 0) is 9.59 Å². The van der Waals surface area contributed by atoms with Crippen LogP contribution in [0.4, 0.5) is 0 Å². The average molecular weight is 324 g/mol. The van der Waals surface area contributed by atoms with Gasteiger partial charge in [0.15, 0.2) is 0 Å². The highest BCUT2D eigenvalue weighted by Gasteiger charge is 2.27. The Bertz CT molecular complexity index is 407. The highest BCUT2D eigenvalue weighted by atomic mass is 16.3. The van der Waals surface area contributed by atoms with E-state index in [4.69, 9.17) is 0 Å². The number of hydrogen-bond donors (Lipinski definition) is 2. The van der Waals surface area contributed by atoms with Gasteiger partial charge < -0.3 is 15.3 Å². The summed E-state index contributed by atoms with van der Waals surface area (Å²) in [7, 11) is 1.80. The van der Waals surface area contributed by atoms with Gasteiger partial charge in [0.05, 0.1) is 6.10 Å². The van der Waals surface area contributed by atoms with Crippen LogP contribution in [0, 0.1) is 11.8 Å². The van der Waals surface area contributed by atoms with Gasteiger partial charge >= 0.3 is 0 Å². The third kappa shape index (κ3) is 5.48. The molecule has 0 saturated heterocycles. The zero-order chi connectivity index (χ0) is 16.8. The monoisotopic (exact) mass is 324 g/mol. The number of rotatable bonds is 6. The van der Waals surface area contributed by atoms with Crippen molar-refractivity contribution in [2.24, 2.45) is 11.8 Å². The molecular weight excluding hydrogens is 292 g/mol. The van der Waals surface area contributed by atoms with E-state index >= 15 is 0 Å². The van der Waals surface area contributed by atoms with Crippen LogP contribution in [0.1, 0.15) is 64.7 Å². The summed E-state index contributed by atoms with van der Waals surface area (Å²) < 4.78 is 0. The van der Waals surface area contributed by atoms with Gasteiger partial charge in [-0.25, -0.2) is 0 Å². The fraction of sp³-hybridized carbons (Fsp3) is 0.889. The average Bonchev–Trinajstić information content (AvgIpc) is 3.03. The minimum atomic E-state index is -0.279. The molecule has 2 aliphatic rings. The third-order valence-corrected chi connectivity index (χ3v) is 5.40. The van der Waals surface area contributed by atoms with Gasteiger partial charge in [0.1, 0.15) is 0 Å². The van der Waals surface area contributed by atoms with Gasteiger partial charge in [-0.15, -0.1) is 0 Å². The Hall–Kier alpha value is -1.10. The van der Waals surface area contributed by atoms with Crippen LogP contribution < -0.4 is 5.32 Å². The van der Waals surface area contributed by atoms with Crippen molar-refractivity contribution in [3.05, 3.63) is 0 Å². The Morgan fingerprint density at radius 3 is 2.39 bits per heavy atom. The molecule has 0 aromatic rings. The van der Waals surface area contributed by atoms with Crippen LogP contribution >= 0.6 is 0 Å². The van der Waals surface area contributed by atoms with E-state index in [0.29, 0.717) is 13.0 Å². The molecule has 0 heterocycles. The van der Waals surface area contributed by atoms with E-state index < -0.39 is 0 Å². The maximum absolute atomic E-state index is 12.3. The first kappa shape index (κ1) is 18.2. The van der Waals surface area contributed by atoms with E-state index in [0.717, 1.165) is 51.4 Å². The Morgan fingerprint density at radius 2 is 1.74 bits per heavy atom. The summed E-state index contributed by atoms with van der Waals surface area (Å²) in [6.45, 7) is 2.51. The highest BCUT2D eigenvalue weighted by Crippen LogP contribution is 2.26. The number of hydrogen-bond acceptors (Lipinski definition) is 3. The molecule has 5 heteroatoms. The molecule has 5 nitrogen and oxygen atoms in total. The zero-order valence-electron chi connectivity index (χ0n) is 14.6. The lowest BCUT2D eigenvalue weighted by Crippen LogP contribution is -2.42. The minimum Gasteiger partial charge on any atom is -0.393 e. The number of amides is 2. The highest BCUT2D eigenvalue weighted by molar-refractivity contribution is 5.81. The van der Waals surface area contributed by atoms with Gasteiger partial charge in [-0.3, -0.25) is 9.59 Å². The Balaban J connectivity index is 1.72. The molecule has 3 atom stereocenters. The molecule has 2 aliphatic carbocycles. The smallest absolute Gasteiger partial charge is 0.224 e. The van der Waals surface area contributed by atoms with Crippen molar-refractivity contribution < 1.29 is 14.7 Å². The number of aliphatic hydroxyl groups excluding tert-OH is 1. The van der Waals surface area contributed by atoms with Gasteiger partial charge in [-0.1, -0.05) is 25.7 Å². The van der Waals surface area contributed by atoms with Crippen molar-refractivity contribution in [2.75, 3.05) is 13.6 Å². The number of aliphatic hydroxyl groups is 1. The van der Waals surface area contributed by atoms with Crippen molar-refractivity contribution in [3.8, 4) is 0 Å². The summed E-state index contributed by atoms with van der Waals surface area (Å²) in [5.41, 5.74) is 0. The van der Waals surface area contributed by atoms with Crippen LogP contribution in [0.15, 0.2) is 0 Å². The number of nitrogens with zero attached hydrogens (tertiary/aromatic N) is 1. The summed E-state index contributed by atoms with van der Waals surface area (Å²) in [4.78, 5) is 26.1. The molecule has 0 aromatic heterocycles. The molecule has 132 valence electrons. The minimum absolute atomic E-state index is 0.0435. The van der Waals surface area contributed by atoms with Gasteiger partial charge in [0.25, 0.3) is 0 Å². The zero-order valence-corrected chi connectivity index (χ0v) is 14.6.